The minimum Gasteiger partial charge on any atom is -0.488 e. The maximum absolute atomic E-state index is 12.2. The Balaban J connectivity index is 2.05. The van der Waals surface area contributed by atoms with Crippen LogP contribution in [-0.2, 0) is 6.61 Å². The van der Waals surface area contributed by atoms with Gasteiger partial charge < -0.3 is 9.72 Å². The smallest absolute Gasteiger partial charge is 0.270 e. The van der Waals surface area contributed by atoms with Crippen molar-refractivity contribution >= 4 is 39.3 Å². The van der Waals surface area contributed by atoms with Crippen LogP contribution in [0.3, 0.4) is 0 Å². The van der Waals surface area contributed by atoms with Gasteiger partial charge in [0.15, 0.2) is 5.16 Å². The van der Waals surface area contributed by atoms with Crippen LogP contribution in [0.25, 0.3) is 11.3 Å². The Labute approximate surface area is 173 Å². The van der Waals surface area contributed by atoms with E-state index in [1.807, 2.05) is 24.3 Å². The predicted octanol–water partition coefficient (Wildman–Crippen LogP) is 5.03. The summed E-state index contributed by atoms with van der Waals surface area (Å²) in [6, 6.07) is 14.7. The number of benzene rings is 2. The molecule has 8 heteroatoms. The van der Waals surface area contributed by atoms with Crippen LogP contribution in [0.1, 0.15) is 11.1 Å². The molecule has 0 unspecified atom stereocenters. The van der Waals surface area contributed by atoms with Gasteiger partial charge in [0.05, 0.1) is 0 Å². The first-order valence-electron chi connectivity index (χ1n) is 7.77. The second-order valence-electron chi connectivity index (χ2n) is 5.47. The lowest BCUT2D eigenvalue weighted by atomic mass is 10.1. The van der Waals surface area contributed by atoms with Gasteiger partial charge >= 0.3 is 0 Å². The summed E-state index contributed by atoms with van der Waals surface area (Å²) in [4.78, 5) is 19.3. The number of thioether (sulfide) groups is 1. The van der Waals surface area contributed by atoms with E-state index < -0.39 is 5.56 Å². The van der Waals surface area contributed by atoms with E-state index in [2.05, 4.69) is 25.9 Å². The lowest BCUT2D eigenvalue weighted by Crippen LogP contribution is -2.15. The van der Waals surface area contributed by atoms with E-state index in [-0.39, 0.29) is 11.3 Å². The number of hydrogen-bond acceptors (Lipinski definition) is 5. The third-order valence-electron chi connectivity index (χ3n) is 3.71. The van der Waals surface area contributed by atoms with Crippen molar-refractivity contribution in [3.63, 3.8) is 0 Å². The van der Waals surface area contributed by atoms with E-state index in [1.165, 1.54) is 11.8 Å². The molecule has 2 aromatic carbocycles. The standard InChI is InChI=1S/C19H13BrClN3O2S/c1-27-19-23-17(15(9-22)18(25)24-19)14-8-12(20)4-7-16(14)26-10-11-2-5-13(21)6-3-11/h2-8H,10H2,1H3,(H,23,24,25). The fraction of sp³-hybridized carbons (Fsp3) is 0.105. The van der Waals surface area contributed by atoms with Crippen LogP contribution in [0.5, 0.6) is 5.75 Å². The fourth-order valence-corrected chi connectivity index (χ4v) is 3.27. The van der Waals surface area contributed by atoms with Crippen molar-refractivity contribution < 1.29 is 4.74 Å². The quantitative estimate of drug-likeness (QED) is 0.425. The summed E-state index contributed by atoms with van der Waals surface area (Å²) >= 11 is 10.6. The van der Waals surface area contributed by atoms with Crippen molar-refractivity contribution in [1.82, 2.24) is 9.97 Å². The van der Waals surface area contributed by atoms with Crippen LogP contribution in [0, 0.1) is 11.3 Å². The summed E-state index contributed by atoms with van der Waals surface area (Å²) in [5, 5.41) is 10.5. The molecule has 5 nitrogen and oxygen atoms in total. The van der Waals surface area contributed by atoms with Crippen LogP contribution in [0.4, 0.5) is 0 Å². The Kier molecular flexibility index (Phi) is 6.22. The Morgan fingerprint density at radius 3 is 2.70 bits per heavy atom. The van der Waals surface area contributed by atoms with Crippen molar-refractivity contribution in [3.8, 4) is 23.1 Å². The van der Waals surface area contributed by atoms with E-state index >= 15 is 0 Å². The zero-order valence-corrected chi connectivity index (χ0v) is 17.3. The van der Waals surface area contributed by atoms with E-state index in [9.17, 15) is 10.1 Å². The van der Waals surface area contributed by atoms with Gasteiger partial charge in [0.1, 0.15) is 29.7 Å². The van der Waals surface area contributed by atoms with Crippen LogP contribution in [0.2, 0.25) is 5.02 Å². The molecule has 0 bridgehead atoms. The number of halogens is 2. The highest BCUT2D eigenvalue weighted by atomic mass is 79.9. The molecule has 27 heavy (non-hydrogen) atoms. The molecule has 0 fully saturated rings. The van der Waals surface area contributed by atoms with Gasteiger partial charge in [0.2, 0.25) is 0 Å². The molecule has 0 aliphatic heterocycles. The summed E-state index contributed by atoms with van der Waals surface area (Å²) in [7, 11) is 0. The number of nitriles is 1. The summed E-state index contributed by atoms with van der Waals surface area (Å²) in [6.45, 7) is 0.312. The van der Waals surface area contributed by atoms with Gasteiger partial charge in [-0.15, -0.1) is 0 Å². The minimum absolute atomic E-state index is 0.0535. The Morgan fingerprint density at radius 1 is 1.30 bits per heavy atom. The Bertz CT molecular complexity index is 1080. The molecule has 0 aliphatic carbocycles. The van der Waals surface area contributed by atoms with Crippen molar-refractivity contribution in [3.05, 3.63) is 73.4 Å². The van der Waals surface area contributed by atoms with Gasteiger partial charge in [-0.1, -0.05) is 51.4 Å². The van der Waals surface area contributed by atoms with Crippen molar-refractivity contribution in [2.24, 2.45) is 0 Å². The summed E-state index contributed by atoms with van der Waals surface area (Å²) in [6.07, 6.45) is 1.80. The van der Waals surface area contributed by atoms with Gasteiger partial charge in [-0.25, -0.2) is 4.98 Å². The average Bonchev–Trinajstić information content (AvgIpc) is 2.67. The zero-order chi connectivity index (χ0) is 19.4. The van der Waals surface area contributed by atoms with Gasteiger partial charge in [-0.2, -0.15) is 5.26 Å². The van der Waals surface area contributed by atoms with Gasteiger partial charge in [0.25, 0.3) is 5.56 Å². The third kappa shape index (κ3) is 4.53. The third-order valence-corrected chi connectivity index (χ3v) is 5.03. The fourth-order valence-electron chi connectivity index (χ4n) is 2.40. The first kappa shape index (κ1) is 19.5. The molecule has 3 aromatic rings. The molecule has 1 aromatic heterocycles. The number of hydrogen-bond donors (Lipinski definition) is 1. The number of ether oxygens (including phenoxy) is 1. The van der Waals surface area contributed by atoms with Crippen LogP contribution in [0.15, 0.2) is 56.9 Å². The largest absolute Gasteiger partial charge is 0.488 e. The van der Waals surface area contributed by atoms with E-state index in [0.717, 1.165) is 10.0 Å². The first-order chi connectivity index (χ1) is 13.0. The molecule has 0 amide bonds. The van der Waals surface area contributed by atoms with Gasteiger partial charge in [-0.05, 0) is 42.2 Å². The lowest BCUT2D eigenvalue weighted by molar-refractivity contribution is 0.307. The van der Waals surface area contributed by atoms with E-state index in [0.29, 0.717) is 28.1 Å². The molecular formula is C19H13BrClN3O2S. The summed E-state index contributed by atoms with van der Waals surface area (Å²) in [5.74, 6) is 0.523. The predicted molar refractivity (Wildman–Crippen MR) is 110 cm³/mol. The molecule has 0 atom stereocenters. The van der Waals surface area contributed by atoms with Crippen LogP contribution < -0.4 is 10.3 Å². The number of rotatable bonds is 5. The molecule has 0 aliphatic rings. The normalized spacial score (nSPS) is 10.4. The van der Waals surface area contributed by atoms with E-state index in [4.69, 9.17) is 16.3 Å². The number of nitrogens with one attached hydrogen (secondary N) is 1. The SMILES string of the molecule is CSc1nc(-c2cc(Br)ccc2OCc2ccc(Cl)cc2)c(C#N)c(=O)[nH]1. The van der Waals surface area contributed by atoms with Crippen molar-refractivity contribution in [2.75, 3.05) is 6.26 Å². The number of aromatic nitrogens is 2. The highest BCUT2D eigenvalue weighted by Gasteiger charge is 2.17. The summed E-state index contributed by atoms with van der Waals surface area (Å²) < 4.78 is 6.74. The monoisotopic (exact) mass is 461 g/mol. The number of H-pyrrole nitrogens is 1. The first-order valence-corrected chi connectivity index (χ1v) is 10.2. The molecule has 3 rings (SSSR count). The highest BCUT2D eigenvalue weighted by Crippen LogP contribution is 2.34. The van der Waals surface area contributed by atoms with Gasteiger partial charge in [0, 0.05) is 15.1 Å². The molecule has 0 spiro atoms. The molecule has 0 saturated carbocycles. The molecule has 1 N–H and O–H groups in total. The molecular weight excluding hydrogens is 450 g/mol. The Hall–Kier alpha value is -2.27. The molecule has 0 saturated heterocycles. The van der Waals surface area contributed by atoms with Crippen molar-refractivity contribution in [1.29, 1.82) is 5.26 Å². The van der Waals surface area contributed by atoms with Crippen LogP contribution in [-0.4, -0.2) is 16.2 Å². The van der Waals surface area contributed by atoms with Gasteiger partial charge in [-0.3, -0.25) is 4.79 Å². The maximum Gasteiger partial charge on any atom is 0.270 e. The maximum atomic E-state index is 12.2. The Morgan fingerprint density at radius 2 is 2.04 bits per heavy atom. The van der Waals surface area contributed by atoms with Crippen LogP contribution >= 0.6 is 39.3 Å². The minimum atomic E-state index is -0.476. The number of nitrogens with zero attached hydrogens (tertiary/aromatic N) is 2. The average molecular weight is 463 g/mol. The van der Waals surface area contributed by atoms with Crippen molar-refractivity contribution in [2.45, 2.75) is 11.8 Å². The molecule has 0 radical (unpaired) electrons. The highest BCUT2D eigenvalue weighted by molar-refractivity contribution is 9.10. The number of aromatic amines is 1. The molecule has 1 heterocycles. The second kappa shape index (κ2) is 8.61. The second-order valence-corrected chi connectivity index (χ2v) is 7.61. The molecule has 136 valence electrons. The zero-order valence-electron chi connectivity index (χ0n) is 14.1. The lowest BCUT2D eigenvalue weighted by Gasteiger charge is -2.13. The topological polar surface area (TPSA) is 78.8 Å². The van der Waals surface area contributed by atoms with E-state index in [1.54, 1.807) is 30.5 Å². The summed E-state index contributed by atoms with van der Waals surface area (Å²) in [5.41, 5.74) is 1.27.